The summed E-state index contributed by atoms with van der Waals surface area (Å²) < 4.78 is 43.7. The van der Waals surface area contributed by atoms with Crippen LogP contribution in [-0.4, -0.2) is 41.2 Å². The fraction of sp³-hybridized carbons (Fsp3) is 0.381. The van der Waals surface area contributed by atoms with Gasteiger partial charge < -0.3 is 19.5 Å². The molecular formula is C21H28N2O6S. The Morgan fingerprint density at radius 3 is 1.97 bits per heavy atom. The maximum Gasteiger partial charge on any atom is 0.255 e. The van der Waals surface area contributed by atoms with Crippen molar-refractivity contribution in [1.82, 2.24) is 4.72 Å². The molecule has 164 valence electrons. The van der Waals surface area contributed by atoms with Gasteiger partial charge in [-0.2, -0.15) is 0 Å². The van der Waals surface area contributed by atoms with Gasteiger partial charge in [0.15, 0.2) is 11.5 Å². The Balaban J connectivity index is 2.41. The van der Waals surface area contributed by atoms with E-state index in [-0.39, 0.29) is 10.5 Å². The second-order valence-electron chi connectivity index (χ2n) is 7.70. The molecule has 0 saturated carbocycles. The van der Waals surface area contributed by atoms with Gasteiger partial charge >= 0.3 is 0 Å². The van der Waals surface area contributed by atoms with E-state index in [4.69, 9.17) is 14.2 Å². The molecule has 0 saturated heterocycles. The minimum absolute atomic E-state index is 0.0121. The van der Waals surface area contributed by atoms with E-state index in [2.05, 4.69) is 10.0 Å². The van der Waals surface area contributed by atoms with E-state index in [9.17, 15) is 13.2 Å². The SMILES string of the molecule is COc1cc(NC(=O)c2cc(S(=O)(=O)NC(C)(C)C)ccc2C)cc(OC)c1OC. The van der Waals surface area contributed by atoms with Crippen molar-refractivity contribution in [3.8, 4) is 17.2 Å². The number of hydrogen-bond donors (Lipinski definition) is 2. The molecule has 2 aromatic carbocycles. The molecule has 0 aromatic heterocycles. The number of rotatable bonds is 7. The summed E-state index contributed by atoms with van der Waals surface area (Å²) in [6, 6.07) is 7.62. The first kappa shape index (κ1) is 23.5. The maximum atomic E-state index is 12.9. The third-order valence-corrected chi connectivity index (χ3v) is 5.88. The molecule has 9 heteroatoms. The Hall–Kier alpha value is -2.78. The van der Waals surface area contributed by atoms with Crippen molar-refractivity contribution in [2.24, 2.45) is 0 Å². The smallest absolute Gasteiger partial charge is 0.255 e. The molecule has 0 atom stereocenters. The quantitative estimate of drug-likeness (QED) is 0.690. The second kappa shape index (κ2) is 8.93. The zero-order valence-corrected chi connectivity index (χ0v) is 19.1. The highest BCUT2D eigenvalue weighted by Crippen LogP contribution is 2.40. The normalized spacial score (nSPS) is 11.7. The molecule has 0 radical (unpaired) electrons. The lowest BCUT2D eigenvalue weighted by molar-refractivity contribution is 0.102. The van der Waals surface area contributed by atoms with Crippen LogP contribution in [-0.2, 0) is 10.0 Å². The van der Waals surface area contributed by atoms with Crippen LogP contribution in [0.3, 0.4) is 0 Å². The monoisotopic (exact) mass is 436 g/mol. The van der Waals surface area contributed by atoms with Gasteiger partial charge in [0, 0.05) is 28.9 Å². The average Bonchev–Trinajstić information content (AvgIpc) is 2.65. The standard InChI is InChI=1S/C21H28N2O6S/c1-13-8-9-15(30(25,26)23-21(2,3)4)12-16(13)20(24)22-14-10-17(27-5)19(29-7)18(11-14)28-6/h8-12,23H,1-7H3,(H,22,24). The van der Waals surface area contributed by atoms with Crippen LogP contribution in [0, 0.1) is 6.92 Å². The summed E-state index contributed by atoms with van der Waals surface area (Å²) in [6.45, 7) is 6.97. The van der Waals surface area contributed by atoms with E-state index in [0.29, 0.717) is 28.5 Å². The lowest BCUT2D eigenvalue weighted by Crippen LogP contribution is -2.40. The maximum absolute atomic E-state index is 12.9. The lowest BCUT2D eigenvalue weighted by atomic mass is 10.1. The zero-order valence-electron chi connectivity index (χ0n) is 18.2. The number of carbonyl (C=O) groups excluding carboxylic acids is 1. The van der Waals surface area contributed by atoms with E-state index in [1.54, 1.807) is 45.9 Å². The van der Waals surface area contributed by atoms with Gasteiger partial charge in [-0.25, -0.2) is 13.1 Å². The summed E-state index contributed by atoms with van der Waals surface area (Å²) in [6.07, 6.45) is 0. The van der Waals surface area contributed by atoms with Crippen LogP contribution in [0.2, 0.25) is 0 Å². The van der Waals surface area contributed by atoms with E-state index in [0.717, 1.165) is 0 Å². The molecule has 0 aliphatic rings. The molecule has 0 bridgehead atoms. The highest BCUT2D eigenvalue weighted by molar-refractivity contribution is 7.89. The van der Waals surface area contributed by atoms with Gasteiger partial charge in [-0.05, 0) is 45.4 Å². The molecule has 0 spiro atoms. The highest BCUT2D eigenvalue weighted by Gasteiger charge is 2.24. The Morgan fingerprint density at radius 2 is 1.50 bits per heavy atom. The number of anilines is 1. The van der Waals surface area contributed by atoms with Crippen LogP contribution < -0.4 is 24.2 Å². The lowest BCUT2D eigenvalue weighted by Gasteiger charge is -2.21. The fourth-order valence-corrected chi connectivity index (χ4v) is 4.27. The largest absolute Gasteiger partial charge is 0.493 e. The van der Waals surface area contributed by atoms with Gasteiger partial charge in [-0.1, -0.05) is 6.07 Å². The fourth-order valence-electron chi connectivity index (χ4n) is 2.83. The van der Waals surface area contributed by atoms with Gasteiger partial charge in [-0.15, -0.1) is 0 Å². The summed E-state index contributed by atoms with van der Waals surface area (Å²) >= 11 is 0. The molecule has 8 nitrogen and oxygen atoms in total. The topological polar surface area (TPSA) is 103 Å². The van der Waals surface area contributed by atoms with Crippen LogP contribution in [0.25, 0.3) is 0 Å². The predicted molar refractivity (Wildman–Crippen MR) is 115 cm³/mol. The number of methoxy groups -OCH3 is 3. The van der Waals surface area contributed by atoms with Gasteiger partial charge in [0.05, 0.1) is 26.2 Å². The van der Waals surface area contributed by atoms with Gasteiger partial charge in [-0.3, -0.25) is 4.79 Å². The molecule has 0 aliphatic heterocycles. The minimum Gasteiger partial charge on any atom is -0.493 e. The summed E-state index contributed by atoms with van der Waals surface area (Å²) in [5.41, 5.74) is 0.632. The molecule has 0 heterocycles. The van der Waals surface area contributed by atoms with Crippen molar-refractivity contribution < 1.29 is 27.4 Å². The highest BCUT2D eigenvalue weighted by atomic mass is 32.2. The average molecular weight is 437 g/mol. The van der Waals surface area contributed by atoms with Crippen molar-refractivity contribution in [3.63, 3.8) is 0 Å². The Morgan fingerprint density at radius 1 is 0.933 bits per heavy atom. The van der Waals surface area contributed by atoms with E-state index < -0.39 is 21.5 Å². The predicted octanol–water partition coefficient (Wildman–Crippen LogP) is 3.35. The third kappa shape index (κ3) is 5.43. The number of aryl methyl sites for hydroxylation is 1. The van der Waals surface area contributed by atoms with E-state index in [1.165, 1.54) is 33.5 Å². The summed E-state index contributed by atoms with van der Waals surface area (Å²) in [7, 11) is 0.657. The summed E-state index contributed by atoms with van der Waals surface area (Å²) in [4.78, 5) is 12.9. The molecule has 2 N–H and O–H groups in total. The molecular weight excluding hydrogens is 408 g/mol. The van der Waals surface area contributed by atoms with Gasteiger partial charge in [0.1, 0.15) is 0 Å². The van der Waals surface area contributed by atoms with Crippen molar-refractivity contribution in [2.75, 3.05) is 26.6 Å². The molecule has 30 heavy (non-hydrogen) atoms. The minimum atomic E-state index is -3.78. The Bertz CT molecular complexity index is 1020. The zero-order chi connectivity index (χ0) is 22.7. The van der Waals surface area contributed by atoms with Crippen LogP contribution in [0.1, 0.15) is 36.7 Å². The summed E-state index contributed by atoms with van der Waals surface area (Å²) in [5.74, 6) is 0.703. The van der Waals surface area contributed by atoms with Gasteiger partial charge in [0.2, 0.25) is 15.8 Å². The van der Waals surface area contributed by atoms with Crippen LogP contribution in [0.4, 0.5) is 5.69 Å². The molecule has 1 amide bonds. The van der Waals surface area contributed by atoms with Crippen molar-refractivity contribution >= 4 is 21.6 Å². The van der Waals surface area contributed by atoms with Crippen LogP contribution in [0.5, 0.6) is 17.2 Å². The van der Waals surface area contributed by atoms with Crippen molar-refractivity contribution in [1.29, 1.82) is 0 Å². The van der Waals surface area contributed by atoms with Crippen molar-refractivity contribution in [3.05, 3.63) is 41.5 Å². The number of sulfonamides is 1. The summed E-state index contributed by atoms with van der Waals surface area (Å²) in [5, 5.41) is 2.76. The number of ether oxygens (including phenoxy) is 3. The number of benzene rings is 2. The number of hydrogen-bond acceptors (Lipinski definition) is 6. The molecule has 0 unspecified atom stereocenters. The number of amides is 1. The molecule has 0 aliphatic carbocycles. The van der Waals surface area contributed by atoms with Crippen molar-refractivity contribution in [2.45, 2.75) is 38.1 Å². The first-order valence-electron chi connectivity index (χ1n) is 9.18. The number of carbonyl (C=O) groups is 1. The molecule has 0 fully saturated rings. The second-order valence-corrected chi connectivity index (χ2v) is 9.38. The van der Waals surface area contributed by atoms with Crippen LogP contribution in [0.15, 0.2) is 35.2 Å². The molecule has 2 aromatic rings. The first-order chi connectivity index (χ1) is 13.9. The molecule has 2 rings (SSSR count). The Kier molecular flexibility index (Phi) is 6.99. The third-order valence-electron chi connectivity index (χ3n) is 4.13. The van der Waals surface area contributed by atoms with E-state index >= 15 is 0 Å². The van der Waals surface area contributed by atoms with E-state index in [1.807, 2.05) is 0 Å². The van der Waals surface area contributed by atoms with Gasteiger partial charge in [0.25, 0.3) is 5.91 Å². The first-order valence-corrected chi connectivity index (χ1v) is 10.7. The van der Waals surface area contributed by atoms with Crippen LogP contribution >= 0.6 is 0 Å². The number of nitrogens with one attached hydrogen (secondary N) is 2. The Labute approximate surface area is 177 Å².